The van der Waals surface area contributed by atoms with Crippen molar-refractivity contribution in [3.8, 4) is 77.9 Å². The predicted octanol–water partition coefficient (Wildman–Crippen LogP) is 24.1. The zero-order valence-electron chi connectivity index (χ0n) is 48.0. The summed E-state index contributed by atoms with van der Waals surface area (Å²) in [7, 11) is 0. The van der Waals surface area contributed by atoms with Crippen LogP contribution in [0, 0.1) is 0 Å². The summed E-state index contributed by atoms with van der Waals surface area (Å²) in [4.78, 5) is 4.82. The van der Waals surface area contributed by atoms with Gasteiger partial charge in [0.1, 0.15) is 22.3 Å². The van der Waals surface area contributed by atoms with Crippen LogP contribution in [0.5, 0.6) is 0 Å². The zero-order chi connectivity index (χ0) is 58.3. The van der Waals surface area contributed by atoms with Crippen LogP contribution in [0.2, 0.25) is 0 Å². The summed E-state index contributed by atoms with van der Waals surface area (Å²) in [5, 5.41) is 4.34. The SMILES string of the molecule is c1ccc(-c2ccc(N(c3ccc(-c4ccccc4)cc3)c3cc(-c4cc(-c5ccc6oc7ccccc7c6c5)cc(-c5ccc6oc7ccccc7c6c5)c4)cc(N(c4ccc(-c5ccccc5)cc4)c4ccc(-c5ccccc5)cc4)c3)cc2)cc1. The van der Waals surface area contributed by atoms with Crippen LogP contribution >= 0.6 is 0 Å². The van der Waals surface area contributed by atoms with Gasteiger partial charge in [-0.25, -0.2) is 0 Å². The van der Waals surface area contributed by atoms with Gasteiger partial charge in [-0.15, -0.1) is 0 Å². The van der Waals surface area contributed by atoms with Crippen LogP contribution in [-0.2, 0) is 0 Å². The highest BCUT2D eigenvalue weighted by Gasteiger charge is 2.22. The normalized spacial score (nSPS) is 11.4. The summed E-state index contributed by atoms with van der Waals surface area (Å²) in [6, 6.07) is 122. The van der Waals surface area contributed by atoms with Crippen LogP contribution in [0.25, 0.3) is 122 Å². The molecule has 0 saturated carbocycles. The van der Waals surface area contributed by atoms with Crippen molar-refractivity contribution in [2.75, 3.05) is 9.80 Å². The number of hydrogen-bond acceptors (Lipinski definition) is 4. The standard InChI is InChI=1S/C84H56N2O2/c1-5-17-57(18-6-1)61-29-39-71(40-30-61)85(72-41-31-62(32-42-72)58-19-7-2-8-20-58)75-52-70(53-76(56-75)86(73-43-33-63(34-44-73)59-21-9-3-10-22-59)74-45-35-64(36-46-74)60-23-11-4-12-24-60)69-50-67(65-37-47-83-79(54-65)77-25-13-15-27-81(77)87-83)49-68(51-69)66-38-48-84-80(55-66)78-26-14-16-28-82(78)88-84/h1-56H. The highest BCUT2D eigenvalue weighted by atomic mass is 16.3. The van der Waals surface area contributed by atoms with Gasteiger partial charge >= 0.3 is 0 Å². The van der Waals surface area contributed by atoms with E-state index in [1.165, 1.54) is 22.3 Å². The molecule has 88 heavy (non-hydrogen) atoms. The van der Waals surface area contributed by atoms with E-state index in [1.54, 1.807) is 0 Å². The number of para-hydroxylation sites is 2. The second-order valence-corrected chi connectivity index (χ2v) is 22.5. The van der Waals surface area contributed by atoms with Gasteiger partial charge < -0.3 is 18.6 Å². The molecule has 0 bridgehead atoms. The van der Waals surface area contributed by atoms with E-state index in [2.05, 4.69) is 325 Å². The average molecular weight is 1130 g/mol. The van der Waals surface area contributed by atoms with Crippen LogP contribution in [0.3, 0.4) is 0 Å². The first kappa shape index (κ1) is 51.9. The molecule has 0 aliphatic rings. The lowest BCUT2D eigenvalue weighted by molar-refractivity contribution is 0.668. The third kappa shape index (κ3) is 9.94. The van der Waals surface area contributed by atoms with Gasteiger partial charge in [0.2, 0.25) is 0 Å². The number of nitrogens with zero attached hydrogens (tertiary/aromatic N) is 2. The third-order valence-electron chi connectivity index (χ3n) is 17.0. The van der Waals surface area contributed by atoms with Crippen LogP contribution in [0.4, 0.5) is 34.1 Å². The van der Waals surface area contributed by atoms with E-state index in [9.17, 15) is 0 Å². The smallest absolute Gasteiger partial charge is 0.135 e. The summed E-state index contributed by atoms with van der Waals surface area (Å²) >= 11 is 0. The molecular formula is C84H56N2O2. The summed E-state index contributed by atoms with van der Waals surface area (Å²) in [5.74, 6) is 0. The zero-order valence-corrected chi connectivity index (χ0v) is 48.0. The van der Waals surface area contributed by atoms with E-state index in [4.69, 9.17) is 8.83 Å². The molecule has 4 heteroatoms. The number of furan rings is 2. The van der Waals surface area contributed by atoms with Crippen molar-refractivity contribution in [1.82, 2.24) is 0 Å². The molecule has 0 N–H and O–H groups in total. The van der Waals surface area contributed by atoms with Crippen molar-refractivity contribution in [3.05, 3.63) is 340 Å². The number of fused-ring (bicyclic) bond motifs is 6. The van der Waals surface area contributed by atoms with Crippen molar-refractivity contribution in [1.29, 1.82) is 0 Å². The number of anilines is 6. The fraction of sp³-hybridized carbons (Fsp3) is 0. The molecule has 4 nitrogen and oxygen atoms in total. The minimum atomic E-state index is 0.860. The second kappa shape index (κ2) is 22.4. The van der Waals surface area contributed by atoms with Gasteiger partial charge in [-0.3, -0.25) is 0 Å². The molecule has 414 valence electrons. The van der Waals surface area contributed by atoms with Crippen LogP contribution in [0.15, 0.2) is 349 Å². The van der Waals surface area contributed by atoms with E-state index in [1.807, 2.05) is 24.3 Å². The summed E-state index contributed by atoms with van der Waals surface area (Å²) in [5.41, 5.74) is 25.2. The molecule has 0 saturated heterocycles. The number of benzene rings is 14. The monoisotopic (exact) mass is 1120 g/mol. The Bertz CT molecular complexity index is 4670. The molecule has 0 atom stereocenters. The first-order valence-corrected chi connectivity index (χ1v) is 29.9. The van der Waals surface area contributed by atoms with Crippen LogP contribution in [0.1, 0.15) is 0 Å². The molecule has 2 heterocycles. The molecule has 0 aliphatic carbocycles. The largest absolute Gasteiger partial charge is 0.456 e. The van der Waals surface area contributed by atoms with Crippen LogP contribution in [-0.4, -0.2) is 0 Å². The molecule has 2 aromatic heterocycles. The quantitative estimate of drug-likeness (QED) is 0.115. The Kier molecular flexibility index (Phi) is 13.2. The van der Waals surface area contributed by atoms with Crippen molar-refractivity contribution in [2.45, 2.75) is 0 Å². The minimum absolute atomic E-state index is 0.860. The number of rotatable bonds is 13. The fourth-order valence-electron chi connectivity index (χ4n) is 12.6. The first-order valence-electron chi connectivity index (χ1n) is 29.9. The van der Waals surface area contributed by atoms with E-state index < -0.39 is 0 Å². The first-order chi connectivity index (χ1) is 43.6. The van der Waals surface area contributed by atoms with Gasteiger partial charge in [0.15, 0.2) is 0 Å². The Morgan fingerprint density at radius 2 is 0.398 bits per heavy atom. The Morgan fingerprint density at radius 1 is 0.148 bits per heavy atom. The average Bonchev–Trinajstić information content (AvgIpc) is 2.28. The van der Waals surface area contributed by atoms with Gasteiger partial charge in [0.25, 0.3) is 0 Å². The Morgan fingerprint density at radius 3 is 0.727 bits per heavy atom. The van der Waals surface area contributed by atoms with Gasteiger partial charge in [0, 0.05) is 55.7 Å². The molecule has 16 rings (SSSR count). The molecule has 0 unspecified atom stereocenters. The summed E-state index contributed by atoms with van der Waals surface area (Å²) in [6.45, 7) is 0. The maximum absolute atomic E-state index is 6.41. The van der Waals surface area contributed by atoms with Gasteiger partial charge in [-0.05, 0) is 199 Å². The summed E-state index contributed by atoms with van der Waals surface area (Å²) < 4.78 is 12.8. The highest BCUT2D eigenvalue weighted by Crippen LogP contribution is 2.47. The fourth-order valence-corrected chi connectivity index (χ4v) is 12.6. The van der Waals surface area contributed by atoms with E-state index in [0.717, 1.165) is 134 Å². The molecule has 0 amide bonds. The highest BCUT2D eigenvalue weighted by molar-refractivity contribution is 6.08. The van der Waals surface area contributed by atoms with Gasteiger partial charge in [-0.1, -0.05) is 218 Å². The maximum Gasteiger partial charge on any atom is 0.135 e. The van der Waals surface area contributed by atoms with E-state index in [-0.39, 0.29) is 0 Å². The summed E-state index contributed by atoms with van der Waals surface area (Å²) in [6.07, 6.45) is 0. The van der Waals surface area contributed by atoms with Gasteiger partial charge in [0.05, 0.1) is 0 Å². The molecule has 0 aliphatic heterocycles. The van der Waals surface area contributed by atoms with Crippen molar-refractivity contribution >= 4 is 78.0 Å². The van der Waals surface area contributed by atoms with E-state index in [0.29, 0.717) is 0 Å². The molecule has 0 fully saturated rings. The lowest BCUT2D eigenvalue weighted by Gasteiger charge is -2.31. The Hall–Kier alpha value is -11.7. The van der Waals surface area contributed by atoms with E-state index >= 15 is 0 Å². The van der Waals surface area contributed by atoms with Crippen LogP contribution < -0.4 is 9.80 Å². The minimum Gasteiger partial charge on any atom is -0.456 e. The maximum atomic E-state index is 6.41. The third-order valence-corrected chi connectivity index (χ3v) is 17.0. The molecule has 14 aromatic carbocycles. The Labute approximate surface area is 511 Å². The lowest BCUT2D eigenvalue weighted by atomic mass is 9.91. The molecular weight excluding hydrogens is 1070 g/mol. The second-order valence-electron chi connectivity index (χ2n) is 22.5. The molecule has 0 radical (unpaired) electrons. The topological polar surface area (TPSA) is 32.8 Å². The Balaban J connectivity index is 0.947. The molecule has 0 spiro atoms. The predicted molar refractivity (Wildman–Crippen MR) is 368 cm³/mol. The van der Waals surface area contributed by atoms with Crippen molar-refractivity contribution in [3.63, 3.8) is 0 Å². The molecule has 16 aromatic rings. The van der Waals surface area contributed by atoms with Crippen molar-refractivity contribution < 1.29 is 8.83 Å². The number of hydrogen-bond donors (Lipinski definition) is 0. The van der Waals surface area contributed by atoms with Gasteiger partial charge in [-0.2, -0.15) is 0 Å². The lowest BCUT2D eigenvalue weighted by Crippen LogP contribution is -2.14. The van der Waals surface area contributed by atoms with Crippen molar-refractivity contribution in [2.24, 2.45) is 0 Å².